The number of benzene rings is 2. The third kappa shape index (κ3) is 5.99. The van der Waals surface area contributed by atoms with Gasteiger partial charge in [-0.15, -0.1) is 11.3 Å². The third-order valence-electron chi connectivity index (χ3n) is 4.36. The van der Waals surface area contributed by atoms with Crippen LogP contribution in [-0.4, -0.2) is 41.3 Å². The molecule has 0 atom stereocenters. The number of carbonyl (C=O) groups is 1. The number of thiophene rings is 1. The molecule has 1 aromatic heterocycles. The van der Waals surface area contributed by atoms with E-state index in [2.05, 4.69) is 0 Å². The van der Waals surface area contributed by atoms with Crippen molar-refractivity contribution in [2.24, 2.45) is 0 Å². The second-order valence-corrected chi connectivity index (χ2v) is 9.67. The van der Waals surface area contributed by atoms with Crippen molar-refractivity contribution in [2.45, 2.75) is 11.1 Å². The second kappa shape index (κ2) is 10.3. The predicted molar refractivity (Wildman–Crippen MR) is 119 cm³/mol. The quantitative estimate of drug-likeness (QED) is 0.337. The van der Waals surface area contributed by atoms with Gasteiger partial charge >= 0.3 is 5.97 Å². The summed E-state index contributed by atoms with van der Waals surface area (Å²) < 4.78 is 42.7. The SMILES string of the molecule is Cc1ccccc1OCCOC(=O)COc1ccc(N(C)S(=O)(=O)c2cccs2)cc1. The summed E-state index contributed by atoms with van der Waals surface area (Å²) in [5, 5.41) is 1.71. The lowest BCUT2D eigenvalue weighted by Gasteiger charge is -2.18. The average molecular weight is 462 g/mol. The highest BCUT2D eigenvalue weighted by Gasteiger charge is 2.22. The van der Waals surface area contributed by atoms with Gasteiger partial charge in [0.2, 0.25) is 0 Å². The Hall–Kier alpha value is -3.04. The number of rotatable bonds is 10. The van der Waals surface area contributed by atoms with Crippen molar-refractivity contribution in [1.29, 1.82) is 0 Å². The van der Waals surface area contributed by atoms with E-state index in [-0.39, 0.29) is 24.0 Å². The Morgan fingerprint density at radius 2 is 1.71 bits per heavy atom. The topological polar surface area (TPSA) is 82.1 Å². The van der Waals surface area contributed by atoms with Gasteiger partial charge in [-0.25, -0.2) is 13.2 Å². The Labute approximate surface area is 185 Å². The molecule has 31 heavy (non-hydrogen) atoms. The normalized spacial score (nSPS) is 11.0. The molecule has 2 aromatic carbocycles. The van der Waals surface area contributed by atoms with Crippen LogP contribution in [0.1, 0.15) is 5.56 Å². The van der Waals surface area contributed by atoms with Crippen LogP contribution >= 0.6 is 11.3 Å². The minimum Gasteiger partial charge on any atom is -0.490 e. The number of esters is 1. The van der Waals surface area contributed by atoms with Gasteiger partial charge in [-0.2, -0.15) is 0 Å². The second-order valence-electron chi connectivity index (χ2n) is 6.52. The summed E-state index contributed by atoms with van der Waals surface area (Å²) in [6, 6.07) is 17.3. The molecule has 0 aliphatic rings. The van der Waals surface area contributed by atoms with Crippen LogP contribution in [0.5, 0.6) is 11.5 Å². The van der Waals surface area contributed by atoms with Crippen LogP contribution < -0.4 is 13.8 Å². The van der Waals surface area contributed by atoms with Crippen LogP contribution in [0.2, 0.25) is 0 Å². The molecule has 3 rings (SSSR count). The lowest BCUT2D eigenvalue weighted by atomic mass is 10.2. The summed E-state index contributed by atoms with van der Waals surface area (Å²) in [6.45, 7) is 2.04. The van der Waals surface area contributed by atoms with E-state index in [1.807, 2.05) is 31.2 Å². The molecule has 0 amide bonds. The zero-order valence-corrected chi connectivity index (χ0v) is 18.8. The van der Waals surface area contributed by atoms with Gasteiger partial charge in [-0.3, -0.25) is 4.31 Å². The van der Waals surface area contributed by atoms with E-state index in [0.29, 0.717) is 11.4 Å². The van der Waals surface area contributed by atoms with Crippen molar-refractivity contribution >= 4 is 33.0 Å². The molecule has 7 nitrogen and oxygen atoms in total. The van der Waals surface area contributed by atoms with Crippen LogP contribution in [0.25, 0.3) is 0 Å². The first kappa shape index (κ1) is 22.6. The largest absolute Gasteiger partial charge is 0.490 e. The fourth-order valence-electron chi connectivity index (χ4n) is 2.65. The van der Waals surface area contributed by atoms with E-state index in [1.165, 1.54) is 11.4 Å². The maximum absolute atomic E-state index is 12.6. The first-order chi connectivity index (χ1) is 14.9. The number of hydrogen-bond donors (Lipinski definition) is 0. The first-order valence-corrected chi connectivity index (χ1v) is 11.8. The number of para-hydroxylation sites is 1. The number of anilines is 1. The Morgan fingerprint density at radius 3 is 2.39 bits per heavy atom. The molecule has 0 aliphatic heterocycles. The van der Waals surface area contributed by atoms with Crippen LogP contribution in [0.3, 0.4) is 0 Å². The lowest BCUT2D eigenvalue weighted by Crippen LogP contribution is -2.25. The van der Waals surface area contributed by atoms with Crippen LogP contribution in [-0.2, 0) is 19.6 Å². The molecule has 0 aliphatic carbocycles. The van der Waals surface area contributed by atoms with Gasteiger partial charge in [0.05, 0.1) is 5.69 Å². The van der Waals surface area contributed by atoms with Crippen molar-refractivity contribution in [1.82, 2.24) is 0 Å². The van der Waals surface area contributed by atoms with Crippen molar-refractivity contribution in [3.05, 3.63) is 71.6 Å². The third-order valence-corrected chi connectivity index (χ3v) is 7.52. The zero-order chi connectivity index (χ0) is 22.3. The minimum absolute atomic E-state index is 0.112. The molecule has 164 valence electrons. The van der Waals surface area contributed by atoms with Gasteiger partial charge in [0.25, 0.3) is 10.0 Å². The number of nitrogens with zero attached hydrogens (tertiary/aromatic N) is 1. The number of sulfonamides is 1. The van der Waals surface area contributed by atoms with E-state index in [9.17, 15) is 13.2 Å². The Kier molecular flexibility index (Phi) is 7.54. The molecule has 0 saturated carbocycles. The minimum atomic E-state index is -3.60. The molecule has 0 spiro atoms. The summed E-state index contributed by atoms with van der Waals surface area (Å²) in [5.74, 6) is 0.662. The molecule has 0 fully saturated rings. The van der Waals surface area contributed by atoms with Gasteiger partial charge in [-0.05, 0) is 54.3 Å². The molecule has 1 heterocycles. The molecule has 0 radical (unpaired) electrons. The summed E-state index contributed by atoms with van der Waals surface area (Å²) in [7, 11) is -2.11. The summed E-state index contributed by atoms with van der Waals surface area (Å²) in [6.07, 6.45) is 0. The molecule has 3 aromatic rings. The van der Waals surface area contributed by atoms with Crippen LogP contribution in [0.15, 0.2) is 70.3 Å². The highest BCUT2D eigenvalue weighted by atomic mass is 32.2. The Balaban J connectivity index is 1.43. The molecule has 9 heteroatoms. The summed E-state index contributed by atoms with van der Waals surface area (Å²) >= 11 is 1.16. The highest BCUT2D eigenvalue weighted by molar-refractivity contribution is 7.94. The zero-order valence-electron chi connectivity index (χ0n) is 17.2. The first-order valence-electron chi connectivity index (χ1n) is 9.47. The van der Waals surface area contributed by atoms with Gasteiger partial charge < -0.3 is 14.2 Å². The van der Waals surface area contributed by atoms with Gasteiger partial charge in [-0.1, -0.05) is 24.3 Å². The molecule has 0 N–H and O–H groups in total. The van der Waals surface area contributed by atoms with Crippen molar-refractivity contribution in [2.75, 3.05) is 31.2 Å². The van der Waals surface area contributed by atoms with Gasteiger partial charge in [0.1, 0.15) is 28.9 Å². The maximum Gasteiger partial charge on any atom is 0.344 e. The van der Waals surface area contributed by atoms with Gasteiger partial charge in [0.15, 0.2) is 6.61 Å². The Morgan fingerprint density at radius 1 is 0.968 bits per heavy atom. The number of carbonyl (C=O) groups excluding carboxylic acids is 1. The van der Waals surface area contributed by atoms with Gasteiger partial charge in [0, 0.05) is 7.05 Å². The standard InChI is InChI=1S/C22H23NO6S2/c1-17-6-3-4-7-20(17)27-13-14-28-21(24)16-29-19-11-9-18(10-12-19)23(2)31(25,26)22-8-5-15-30-22/h3-12,15H,13-14,16H2,1-2H3. The molecule has 0 unspecified atom stereocenters. The molecular formula is C22H23NO6S2. The summed E-state index contributed by atoms with van der Waals surface area (Å²) in [4.78, 5) is 11.8. The smallest absolute Gasteiger partial charge is 0.344 e. The lowest BCUT2D eigenvalue weighted by molar-refractivity contribution is -0.146. The molecular weight excluding hydrogens is 438 g/mol. The van der Waals surface area contributed by atoms with E-state index in [4.69, 9.17) is 14.2 Å². The van der Waals surface area contributed by atoms with E-state index < -0.39 is 16.0 Å². The maximum atomic E-state index is 12.6. The van der Waals surface area contributed by atoms with E-state index in [0.717, 1.165) is 22.6 Å². The fraction of sp³-hybridized carbons (Fsp3) is 0.227. The van der Waals surface area contributed by atoms with E-state index >= 15 is 0 Å². The van der Waals surface area contributed by atoms with Crippen LogP contribution in [0, 0.1) is 6.92 Å². The fourth-order valence-corrected chi connectivity index (χ4v) is 5.00. The monoisotopic (exact) mass is 461 g/mol. The van der Waals surface area contributed by atoms with Crippen molar-refractivity contribution < 1.29 is 27.4 Å². The molecule has 0 saturated heterocycles. The number of aryl methyl sites for hydroxylation is 1. The van der Waals surface area contributed by atoms with E-state index in [1.54, 1.807) is 41.8 Å². The number of hydrogen-bond acceptors (Lipinski definition) is 7. The summed E-state index contributed by atoms with van der Waals surface area (Å²) in [5.41, 5.74) is 1.49. The van der Waals surface area contributed by atoms with Crippen molar-refractivity contribution in [3.8, 4) is 11.5 Å². The van der Waals surface area contributed by atoms with Crippen LogP contribution in [0.4, 0.5) is 5.69 Å². The highest BCUT2D eigenvalue weighted by Crippen LogP contribution is 2.26. The Bertz CT molecular complexity index is 1100. The predicted octanol–water partition coefficient (Wildman–Crippen LogP) is 3.88. The molecule has 0 bridgehead atoms. The average Bonchev–Trinajstić information content (AvgIpc) is 3.32. The van der Waals surface area contributed by atoms with Crippen molar-refractivity contribution in [3.63, 3.8) is 0 Å². The number of ether oxygens (including phenoxy) is 3.